The van der Waals surface area contributed by atoms with Crippen LogP contribution < -0.4 is 9.47 Å². The number of benzene rings is 2. The number of fused-ring (bicyclic) bond motifs is 1. The van der Waals surface area contributed by atoms with Crippen LogP contribution in [0, 0.1) is 11.7 Å². The molecule has 0 saturated heterocycles. The van der Waals surface area contributed by atoms with E-state index in [4.69, 9.17) is 14.2 Å². The number of ether oxygens (including phenoxy) is 3. The number of nitrogens with zero attached hydrogens (tertiary/aromatic N) is 1. The van der Waals surface area contributed by atoms with E-state index in [-0.39, 0.29) is 23.6 Å². The molecule has 0 aromatic heterocycles. The van der Waals surface area contributed by atoms with Crippen molar-refractivity contribution in [2.24, 2.45) is 5.92 Å². The second kappa shape index (κ2) is 11.2. The third-order valence-corrected chi connectivity index (χ3v) is 6.98. The molecule has 0 bridgehead atoms. The summed E-state index contributed by atoms with van der Waals surface area (Å²) in [7, 11) is 5.37. The lowest BCUT2D eigenvalue weighted by molar-refractivity contribution is -0.164. The van der Waals surface area contributed by atoms with E-state index < -0.39 is 5.60 Å². The first kappa shape index (κ1) is 26.0. The van der Waals surface area contributed by atoms with E-state index in [0.29, 0.717) is 12.8 Å². The van der Waals surface area contributed by atoms with Crippen molar-refractivity contribution in [2.75, 3.05) is 34.4 Å². The van der Waals surface area contributed by atoms with Gasteiger partial charge in [0.15, 0.2) is 11.5 Å². The van der Waals surface area contributed by atoms with E-state index in [1.165, 1.54) is 18.6 Å². The highest BCUT2D eigenvalue weighted by Crippen LogP contribution is 2.48. The second-order valence-corrected chi connectivity index (χ2v) is 9.72. The highest BCUT2D eigenvalue weighted by atomic mass is 19.1. The van der Waals surface area contributed by atoms with Crippen LogP contribution in [0.1, 0.15) is 56.2 Å². The molecule has 0 N–H and O–H groups in total. The van der Waals surface area contributed by atoms with Gasteiger partial charge < -0.3 is 19.1 Å². The van der Waals surface area contributed by atoms with E-state index in [0.717, 1.165) is 48.6 Å². The topological polar surface area (TPSA) is 48.0 Å². The molecule has 0 saturated carbocycles. The van der Waals surface area contributed by atoms with Crippen LogP contribution >= 0.6 is 0 Å². The van der Waals surface area contributed by atoms with Gasteiger partial charge in [0.05, 0.1) is 14.2 Å². The maximum atomic E-state index is 13.9. The first-order chi connectivity index (χ1) is 16.2. The Balaban J connectivity index is 1.73. The first-order valence-electron chi connectivity index (χ1n) is 12.1. The van der Waals surface area contributed by atoms with Crippen LogP contribution in [-0.4, -0.2) is 50.8 Å². The van der Waals surface area contributed by atoms with Crippen LogP contribution in [0.3, 0.4) is 0 Å². The molecule has 0 amide bonds. The Bertz CT molecular complexity index is 992. The van der Waals surface area contributed by atoms with Crippen LogP contribution in [0.2, 0.25) is 0 Å². The average Bonchev–Trinajstić information content (AvgIpc) is 2.80. The SMILES string of the molecule is COc1ccc(CCN(C)CC[C@]2(OC(C)=O)CCc3cc(F)ccc3[C@H]2C(C)C)cc1OC. The predicted molar refractivity (Wildman–Crippen MR) is 132 cm³/mol. The molecule has 0 unspecified atom stereocenters. The zero-order chi connectivity index (χ0) is 24.9. The molecule has 0 aliphatic heterocycles. The average molecular weight is 472 g/mol. The third kappa shape index (κ3) is 5.90. The lowest BCUT2D eigenvalue weighted by atomic mass is 9.65. The van der Waals surface area contributed by atoms with Crippen molar-refractivity contribution in [3.8, 4) is 11.5 Å². The molecule has 2 atom stereocenters. The minimum absolute atomic E-state index is 0.0278. The first-order valence-corrected chi connectivity index (χ1v) is 12.1. The van der Waals surface area contributed by atoms with Crippen molar-refractivity contribution in [1.29, 1.82) is 0 Å². The minimum atomic E-state index is -0.595. The number of esters is 1. The molecule has 3 rings (SSSR count). The zero-order valence-electron chi connectivity index (χ0n) is 21.3. The van der Waals surface area contributed by atoms with Crippen molar-refractivity contribution in [2.45, 2.75) is 58.0 Å². The van der Waals surface area contributed by atoms with E-state index >= 15 is 0 Å². The van der Waals surface area contributed by atoms with Crippen molar-refractivity contribution in [3.05, 3.63) is 58.9 Å². The molecular formula is C28H38FNO4. The Hall–Kier alpha value is -2.60. The summed E-state index contributed by atoms with van der Waals surface area (Å²) in [5.41, 5.74) is 2.72. The van der Waals surface area contributed by atoms with Crippen LogP contribution in [0.25, 0.3) is 0 Å². The normalized spacial score (nSPS) is 19.7. The molecule has 186 valence electrons. The second-order valence-electron chi connectivity index (χ2n) is 9.72. The van der Waals surface area contributed by atoms with Gasteiger partial charge in [-0.05, 0) is 73.2 Å². The highest BCUT2D eigenvalue weighted by molar-refractivity contribution is 5.67. The van der Waals surface area contributed by atoms with Gasteiger partial charge in [0.1, 0.15) is 11.4 Å². The Labute approximate surface area is 203 Å². The van der Waals surface area contributed by atoms with Crippen molar-refractivity contribution < 1.29 is 23.4 Å². The fourth-order valence-corrected chi connectivity index (χ4v) is 5.43. The smallest absolute Gasteiger partial charge is 0.303 e. The molecule has 1 aliphatic rings. The van der Waals surface area contributed by atoms with Crippen molar-refractivity contribution in [1.82, 2.24) is 4.90 Å². The van der Waals surface area contributed by atoms with Gasteiger partial charge in [0.25, 0.3) is 0 Å². The molecule has 0 radical (unpaired) electrons. The Morgan fingerprint density at radius 2 is 1.85 bits per heavy atom. The fourth-order valence-electron chi connectivity index (χ4n) is 5.43. The number of carbonyl (C=O) groups is 1. The summed E-state index contributed by atoms with van der Waals surface area (Å²) in [5, 5.41) is 0. The standard InChI is InChI=1S/C28H38FNO4/c1-19(2)27-24-9-8-23(29)18-22(24)11-13-28(27,34-20(3)31)14-16-30(4)15-12-21-7-10-25(32-5)26(17-21)33-6/h7-10,17-19,27H,11-16H2,1-6H3/t27-,28-/m1/s1. The molecule has 2 aromatic rings. The van der Waals surface area contributed by atoms with Crippen LogP contribution in [0.15, 0.2) is 36.4 Å². The summed E-state index contributed by atoms with van der Waals surface area (Å²) in [6.45, 7) is 7.45. The lowest BCUT2D eigenvalue weighted by Gasteiger charge is -2.47. The summed E-state index contributed by atoms with van der Waals surface area (Å²) in [6.07, 6.45) is 3.01. The number of likely N-dealkylation sites (N-methyl/N-ethyl adjacent to an activating group) is 1. The number of halogens is 1. The monoisotopic (exact) mass is 471 g/mol. The Morgan fingerprint density at radius 3 is 2.50 bits per heavy atom. The number of hydrogen-bond donors (Lipinski definition) is 0. The molecule has 0 heterocycles. The highest BCUT2D eigenvalue weighted by Gasteiger charge is 2.47. The van der Waals surface area contributed by atoms with E-state index in [2.05, 4.69) is 31.9 Å². The van der Waals surface area contributed by atoms with Gasteiger partial charge in [-0.15, -0.1) is 0 Å². The van der Waals surface area contributed by atoms with Gasteiger partial charge in [0, 0.05) is 32.4 Å². The molecule has 6 heteroatoms. The van der Waals surface area contributed by atoms with Crippen molar-refractivity contribution in [3.63, 3.8) is 0 Å². The Morgan fingerprint density at radius 1 is 1.12 bits per heavy atom. The van der Waals surface area contributed by atoms with Gasteiger partial charge in [-0.25, -0.2) is 4.39 Å². The number of rotatable bonds is 10. The summed E-state index contributed by atoms with van der Waals surface area (Å²) in [5.74, 6) is 1.26. The van der Waals surface area contributed by atoms with Gasteiger partial charge in [-0.2, -0.15) is 0 Å². The summed E-state index contributed by atoms with van der Waals surface area (Å²) < 4.78 is 30.8. The summed E-state index contributed by atoms with van der Waals surface area (Å²) >= 11 is 0. The molecule has 2 aromatic carbocycles. The van der Waals surface area contributed by atoms with Crippen molar-refractivity contribution >= 4 is 5.97 Å². The quantitative estimate of drug-likeness (QED) is 0.435. The summed E-state index contributed by atoms with van der Waals surface area (Å²) in [6, 6.07) is 11.0. The van der Waals surface area contributed by atoms with Crippen LogP contribution in [-0.2, 0) is 22.4 Å². The fraction of sp³-hybridized carbons (Fsp3) is 0.536. The Kier molecular flexibility index (Phi) is 8.58. The van der Waals surface area contributed by atoms with Gasteiger partial charge in [-0.1, -0.05) is 26.0 Å². The molecule has 0 fully saturated rings. The van der Waals surface area contributed by atoms with E-state index in [1.54, 1.807) is 20.3 Å². The molecule has 1 aliphatic carbocycles. The van der Waals surface area contributed by atoms with Gasteiger partial charge >= 0.3 is 5.97 Å². The lowest BCUT2D eigenvalue weighted by Crippen LogP contribution is -2.48. The number of aryl methyl sites for hydroxylation is 1. The summed E-state index contributed by atoms with van der Waals surface area (Å²) in [4.78, 5) is 14.5. The van der Waals surface area contributed by atoms with Gasteiger partial charge in [-0.3, -0.25) is 4.79 Å². The molecule has 5 nitrogen and oxygen atoms in total. The molecule has 0 spiro atoms. The van der Waals surface area contributed by atoms with Crippen LogP contribution in [0.4, 0.5) is 4.39 Å². The minimum Gasteiger partial charge on any atom is -0.493 e. The number of hydrogen-bond acceptors (Lipinski definition) is 5. The van der Waals surface area contributed by atoms with E-state index in [1.807, 2.05) is 18.2 Å². The molecular weight excluding hydrogens is 433 g/mol. The molecule has 34 heavy (non-hydrogen) atoms. The third-order valence-electron chi connectivity index (χ3n) is 6.98. The maximum Gasteiger partial charge on any atom is 0.303 e. The zero-order valence-corrected chi connectivity index (χ0v) is 21.3. The van der Waals surface area contributed by atoms with Crippen LogP contribution in [0.5, 0.6) is 11.5 Å². The van der Waals surface area contributed by atoms with Gasteiger partial charge in [0.2, 0.25) is 0 Å². The van der Waals surface area contributed by atoms with E-state index in [9.17, 15) is 9.18 Å². The largest absolute Gasteiger partial charge is 0.493 e. The number of methoxy groups -OCH3 is 2. The predicted octanol–water partition coefficient (Wildman–Crippen LogP) is 5.40. The maximum absolute atomic E-state index is 13.9. The number of carbonyl (C=O) groups excluding carboxylic acids is 1.